The second kappa shape index (κ2) is 7.35. The minimum absolute atomic E-state index is 0. The topological polar surface area (TPSA) is 25.2 Å². The Labute approximate surface area is 161 Å². The average molecular weight is 475 g/mol. The summed E-state index contributed by atoms with van der Waals surface area (Å²) < 4.78 is 5.53. The summed E-state index contributed by atoms with van der Waals surface area (Å²) in [4.78, 5) is 15.4. The van der Waals surface area contributed by atoms with Crippen LogP contribution in [0.25, 0.3) is 20.5 Å². The van der Waals surface area contributed by atoms with E-state index in [1.54, 1.807) is 4.57 Å². The van der Waals surface area contributed by atoms with Crippen molar-refractivity contribution in [3.8, 4) is 0 Å². The van der Waals surface area contributed by atoms with Crippen LogP contribution in [-0.2, 0) is 13.6 Å². The second-order valence-corrected chi connectivity index (χ2v) is 9.37. The zero-order valence-electron chi connectivity index (χ0n) is 13.5. The quantitative estimate of drug-likeness (QED) is 0.526. The summed E-state index contributed by atoms with van der Waals surface area (Å²) in [6.07, 6.45) is 3.96. The first-order chi connectivity index (χ1) is 11.2. The van der Waals surface area contributed by atoms with Gasteiger partial charge in [0.1, 0.15) is 0 Å². The molecule has 2 aromatic heterocycles. The van der Waals surface area contributed by atoms with Gasteiger partial charge in [0.15, 0.2) is 0 Å². The Hall–Kier alpha value is -0.581. The Balaban J connectivity index is 0.00000169. The van der Waals surface area contributed by atoms with Crippen LogP contribution in [0.2, 0.25) is 0 Å². The number of piperidine rings is 1. The van der Waals surface area contributed by atoms with Crippen LogP contribution in [-0.4, -0.2) is 37.1 Å². The van der Waals surface area contributed by atoms with Crippen LogP contribution in [0, 0.1) is 0 Å². The number of likely N-dealkylation sites (tertiary alicyclic amines) is 1. The summed E-state index contributed by atoms with van der Waals surface area (Å²) in [5.41, 5.74) is 1.17. The zero-order valence-corrected chi connectivity index (χ0v) is 17.7. The molecule has 4 rings (SSSR count). The van der Waals surface area contributed by atoms with Gasteiger partial charge in [0, 0.05) is 0 Å². The molecule has 0 amide bonds. The molecule has 0 unspecified atom stereocenters. The number of rotatable bonds is 2. The minimum atomic E-state index is 0. The fourth-order valence-corrected chi connectivity index (χ4v) is 7.35. The molecule has 0 bridgehead atoms. The van der Waals surface area contributed by atoms with Gasteiger partial charge in [-0.1, -0.05) is 0 Å². The first-order valence-corrected chi connectivity index (χ1v) is 10.6. The number of fused-ring (bicyclic) bond motifs is 3. The maximum absolute atomic E-state index is 12.8. The third-order valence-electron chi connectivity index (χ3n) is 4.76. The molecular formula is C18H20BrClN2OSe. The first kappa shape index (κ1) is 18.2. The van der Waals surface area contributed by atoms with Crippen molar-refractivity contribution in [3.05, 3.63) is 43.5 Å². The Kier molecular flexibility index (Phi) is 5.58. The van der Waals surface area contributed by atoms with E-state index in [0.717, 1.165) is 21.9 Å². The predicted molar refractivity (Wildman–Crippen MR) is 108 cm³/mol. The number of aromatic nitrogens is 1. The predicted octanol–water partition coefficient (Wildman–Crippen LogP) is 3.92. The summed E-state index contributed by atoms with van der Waals surface area (Å²) in [7, 11) is 1.88. The van der Waals surface area contributed by atoms with Crippen LogP contribution in [0.3, 0.4) is 0 Å². The summed E-state index contributed by atoms with van der Waals surface area (Å²) in [5.74, 6) is 0. The van der Waals surface area contributed by atoms with E-state index in [0.29, 0.717) is 0 Å². The molecule has 1 aromatic carbocycles. The van der Waals surface area contributed by atoms with Crippen LogP contribution in [0.4, 0.5) is 0 Å². The second-order valence-electron chi connectivity index (χ2n) is 6.26. The molecule has 0 radical (unpaired) electrons. The molecule has 1 aliphatic rings. The van der Waals surface area contributed by atoms with Gasteiger partial charge in [-0.05, 0) is 0 Å². The number of pyridine rings is 1. The number of hydrogen-bond acceptors (Lipinski definition) is 2. The van der Waals surface area contributed by atoms with Gasteiger partial charge in [-0.25, -0.2) is 0 Å². The van der Waals surface area contributed by atoms with Gasteiger partial charge in [-0.2, -0.15) is 0 Å². The Bertz CT molecular complexity index is 943. The van der Waals surface area contributed by atoms with Crippen molar-refractivity contribution in [1.82, 2.24) is 9.47 Å². The van der Waals surface area contributed by atoms with Crippen LogP contribution in [0.5, 0.6) is 0 Å². The van der Waals surface area contributed by atoms with E-state index < -0.39 is 0 Å². The van der Waals surface area contributed by atoms with Crippen LogP contribution in [0.15, 0.2) is 33.5 Å². The molecule has 0 saturated carbocycles. The maximum atomic E-state index is 12.8. The number of hydrogen-bond donors (Lipinski definition) is 0. The van der Waals surface area contributed by atoms with Crippen molar-refractivity contribution < 1.29 is 0 Å². The first-order valence-electron chi connectivity index (χ1n) is 8.08. The molecular weight excluding hydrogens is 455 g/mol. The number of halogens is 2. The molecule has 0 atom stereocenters. The van der Waals surface area contributed by atoms with E-state index in [9.17, 15) is 4.79 Å². The Morgan fingerprint density at radius 1 is 1.17 bits per heavy atom. The Morgan fingerprint density at radius 2 is 1.88 bits per heavy atom. The summed E-state index contributed by atoms with van der Waals surface area (Å²) in [6, 6.07) is 8.27. The van der Waals surface area contributed by atoms with E-state index in [1.165, 1.54) is 46.4 Å². The fraction of sp³-hybridized carbons (Fsp3) is 0.389. The standard InChI is InChI=1S/C18H19BrN2OSe.ClH/c1-20-13-8-4-3-7-12(13)17-15(18(20)22)16(19)14(23-17)11-21-9-5-2-6-10-21;/h3-4,7-8H,2,5-6,9-11H2,1H3;1H. The van der Waals surface area contributed by atoms with E-state index in [1.807, 2.05) is 19.2 Å². The van der Waals surface area contributed by atoms with Gasteiger partial charge in [-0.3, -0.25) is 0 Å². The van der Waals surface area contributed by atoms with Gasteiger partial charge in [0.25, 0.3) is 0 Å². The third-order valence-corrected chi connectivity index (χ3v) is 8.76. The number of nitrogens with zero attached hydrogens (tertiary/aromatic N) is 2. The van der Waals surface area contributed by atoms with Gasteiger partial charge >= 0.3 is 150 Å². The van der Waals surface area contributed by atoms with Crippen molar-refractivity contribution in [2.75, 3.05) is 13.1 Å². The number of aryl methyl sites for hydroxylation is 1. The molecule has 1 saturated heterocycles. The van der Waals surface area contributed by atoms with Crippen LogP contribution < -0.4 is 5.56 Å². The molecule has 3 heterocycles. The van der Waals surface area contributed by atoms with Gasteiger partial charge in [-0.15, -0.1) is 12.4 Å². The molecule has 3 aromatic rings. The zero-order chi connectivity index (χ0) is 16.0. The van der Waals surface area contributed by atoms with Crippen molar-refractivity contribution in [2.45, 2.75) is 25.8 Å². The number of para-hydroxylation sites is 1. The monoisotopic (exact) mass is 474 g/mol. The van der Waals surface area contributed by atoms with Crippen molar-refractivity contribution in [2.24, 2.45) is 7.05 Å². The van der Waals surface area contributed by atoms with Crippen LogP contribution >= 0.6 is 28.3 Å². The van der Waals surface area contributed by atoms with Gasteiger partial charge in [0.05, 0.1) is 0 Å². The SMILES string of the molecule is Cl.Cn1c(=O)c2c(Br)c(CN3CCCCC3)[se]c2c2ccccc21. The summed E-state index contributed by atoms with van der Waals surface area (Å²) in [5, 5.41) is 2.13. The van der Waals surface area contributed by atoms with Crippen molar-refractivity contribution >= 4 is 63.4 Å². The number of benzene rings is 1. The van der Waals surface area contributed by atoms with Crippen molar-refractivity contribution in [3.63, 3.8) is 0 Å². The molecule has 24 heavy (non-hydrogen) atoms. The molecule has 0 spiro atoms. The average Bonchev–Trinajstić information content (AvgIpc) is 2.91. The van der Waals surface area contributed by atoms with E-state index >= 15 is 0 Å². The molecule has 0 aliphatic carbocycles. The van der Waals surface area contributed by atoms with E-state index in [-0.39, 0.29) is 32.5 Å². The van der Waals surface area contributed by atoms with Crippen molar-refractivity contribution in [1.29, 1.82) is 0 Å². The van der Waals surface area contributed by atoms with Gasteiger partial charge < -0.3 is 0 Å². The molecule has 1 aliphatic heterocycles. The normalized spacial score (nSPS) is 15.8. The summed E-state index contributed by atoms with van der Waals surface area (Å²) >= 11 is 3.99. The third kappa shape index (κ3) is 3.02. The van der Waals surface area contributed by atoms with Crippen LogP contribution in [0.1, 0.15) is 23.7 Å². The van der Waals surface area contributed by atoms with Gasteiger partial charge in [0.2, 0.25) is 0 Å². The molecule has 3 nitrogen and oxygen atoms in total. The Morgan fingerprint density at radius 3 is 2.62 bits per heavy atom. The molecule has 0 N–H and O–H groups in total. The summed E-state index contributed by atoms with van der Waals surface area (Å²) in [6.45, 7) is 3.39. The van der Waals surface area contributed by atoms with E-state index in [2.05, 4.69) is 33.0 Å². The fourth-order valence-electron chi connectivity index (χ4n) is 3.50. The van der Waals surface area contributed by atoms with E-state index in [4.69, 9.17) is 0 Å². The molecule has 6 heteroatoms. The molecule has 128 valence electrons. The molecule has 1 fully saturated rings.